The van der Waals surface area contributed by atoms with Crippen molar-refractivity contribution in [3.8, 4) is 5.75 Å². The van der Waals surface area contributed by atoms with E-state index in [0.29, 0.717) is 23.4 Å². The van der Waals surface area contributed by atoms with Crippen molar-refractivity contribution in [2.45, 2.75) is 18.9 Å². The monoisotopic (exact) mass is 347 g/mol. The Labute approximate surface area is 122 Å². The number of ether oxygens (including phenoxy) is 1. The van der Waals surface area contributed by atoms with E-state index >= 15 is 0 Å². The molecule has 108 valence electrons. The number of nitrogens with one attached hydrogen (secondary N) is 1. The van der Waals surface area contributed by atoms with Gasteiger partial charge in [0.05, 0.1) is 0 Å². The fourth-order valence-corrected chi connectivity index (χ4v) is 1.93. The summed E-state index contributed by atoms with van der Waals surface area (Å²) in [7, 11) is 0. The number of hydrogen-bond donors (Lipinski definition) is 2. The van der Waals surface area contributed by atoms with Crippen LogP contribution in [-0.4, -0.2) is 26.9 Å². The molecule has 0 saturated heterocycles. The van der Waals surface area contributed by atoms with E-state index in [9.17, 15) is 8.78 Å². The molecule has 1 unspecified atom stereocenters. The van der Waals surface area contributed by atoms with Crippen LogP contribution < -0.4 is 4.74 Å². The lowest BCUT2D eigenvalue weighted by Crippen LogP contribution is -2.11. The first-order valence-electron chi connectivity index (χ1n) is 5.90. The van der Waals surface area contributed by atoms with Gasteiger partial charge < -0.3 is 9.84 Å². The molecule has 2 aromatic rings. The predicted octanol–water partition coefficient (Wildman–Crippen LogP) is 2.74. The summed E-state index contributed by atoms with van der Waals surface area (Å²) in [5.74, 6) is -1.15. The molecule has 0 aliphatic heterocycles. The molecule has 0 spiro atoms. The van der Waals surface area contributed by atoms with Crippen LogP contribution in [0.2, 0.25) is 0 Å². The minimum absolute atomic E-state index is 0.0267. The highest BCUT2D eigenvalue weighted by Gasteiger charge is 2.19. The summed E-state index contributed by atoms with van der Waals surface area (Å²) < 4.78 is 32.3. The van der Waals surface area contributed by atoms with Gasteiger partial charge in [-0.3, -0.25) is 5.10 Å². The number of nitrogens with zero attached hydrogens (tertiary/aromatic N) is 2. The van der Waals surface area contributed by atoms with Crippen LogP contribution in [0.3, 0.4) is 0 Å². The van der Waals surface area contributed by atoms with Gasteiger partial charge in [-0.15, -0.1) is 5.10 Å². The normalized spacial score (nSPS) is 12.4. The van der Waals surface area contributed by atoms with E-state index in [0.717, 1.165) is 12.1 Å². The number of H-pyrrole nitrogens is 1. The maximum atomic E-state index is 13.6. The maximum Gasteiger partial charge on any atom is 0.217 e. The maximum absolute atomic E-state index is 13.6. The lowest BCUT2D eigenvalue weighted by atomic mass is 10.2. The van der Waals surface area contributed by atoms with Gasteiger partial charge in [0.1, 0.15) is 5.82 Å². The van der Waals surface area contributed by atoms with Crippen molar-refractivity contribution in [3.05, 3.63) is 40.4 Å². The Morgan fingerprint density at radius 1 is 1.40 bits per heavy atom. The summed E-state index contributed by atoms with van der Waals surface area (Å²) in [6.07, 6.45) is 0.252. The van der Waals surface area contributed by atoms with Crippen LogP contribution in [0.4, 0.5) is 8.78 Å². The summed E-state index contributed by atoms with van der Waals surface area (Å²) in [6, 6.07) is 3.06. The van der Waals surface area contributed by atoms with Gasteiger partial charge in [0.2, 0.25) is 4.73 Å². The number of rotatable bonds is 6. The molecular formula is C12H12BrF2N3O2. The van der Waals surface area contributed by atoms with Crippen LogP contribution in [0.5, 0.6) is 5.75 Å². The molecule has 1 aromatic heterocycles. The summed E-state index contributed by atoms with van der Waals surface area (Å²) in [4.78, 5) is 4.05. The molecule has 0 amide bonds. The number of aliphatic hydroxyl groups is 1. The molecule has 20 heavy (non-hydrogen) atoms. The van der Waals surface area contributed by atoms with Gasteiger partial charge in [-0.2, -0.15) is 0 Å². The molecule has 2 N–H and O–H groups in total. The van der Waals surface area contributed by atoms with Crippen molar-refractivity contribution >= 4 is 15.9 Å². The Bertz CT molecular complexity index is 580. The van der Waals surface area contributed by atoms with Crippen molar-refractivity contribution in [1.29, 1.82) is 0 Å². The van der Waals surface area contributed by atoms with Gasteiger partial charge in [0.25, 0.3) is 0 Å². The van der Waals surface area contributed by atoms with Gasteiger partial charge >= 0.3 is 0 Å². The number of hydrogen-bond acceptors (Lipinski definition) is 4. The molecule has 1 aromatic carbocycles. The SMILES string of the molecule is OCCCC(Oc1ccc(F)cc1F)c1nc(Br)n[nH]1. The first-order valence-corrected chi connectivity index (χ1v) is 6.70. The number of benzene rings is 1. The molecule has 1 atom stereocenters. The van der Waals surface area contributed by atoms with E-state index in [4.69, 9.17) is 9.84 Å². The van der Waals surface area contributed by atoms with Crippen LogP contribution in [0.1, 0.15) is 24.8 Å². The van der Waals surface area contributed by atoms with Gasteiger partial charge in [0.15, 0.2) is 23.5 Å². The smallest absolute Gasteiger partial charge is 0.217 e. The number of aliphatic hydroxyl groups excluding tert-OH is 1. The predicted molar refractivity (Wildman–Crippen MR) is 70.1 cm³/mol. The highest BCUT2D eigenvalue weighted by atomic mass is 79.9. The molecule has 0 radical (unpaired) electrons. The fraction of sp³-hybridized carbons (Fsp3) is 0.333. The molecule has 0 aliphatic rings. The second-order valence-corrected chi connectivity index (χ2v) is 4.75. The quantitative estimate of drug-likeness (QED) is 0.842. The van der Waals surface area contributed by atoms with Crippen LogP contribution >= 0.6 is 15.9 Å². The van der Waals surface area contributed by atoms with Crippen molar-refractivity contribution in [2.24, 2.45) is 0 Å². The van der Waals surface area contributed by atoms with Gasteiger partial charge in [-0.05, 0) is 40.9 Å². The number of aromatic nitrogens is 3. The average molecular weight is 348 g/mol. The van der Waals surface area contributed by atoms with E-state index in [1.54, 1.807) is 0 Å². The Kier molecular flexibility index (Phi) is 5.02. The minimum Gasteiger partial charge on any atom is -0.479 e. The largest absolute Gasteiger partial charge is 0.479 e. The molecule has 1 heterocycles. The highest BCUT2D eigenvalue weighted by molar-refractivity contribution is 9.10. The van der Waals surface area contributed by atoms with Crippen LogP contribution in [0.25, 0.3) is 0 Å². The zero-order valence-corrected chi connectivity index (χ0v) is 11.9. The first kappa shape index (κ1) is 14.9. The average Bonchev–Trinajstić information content (AvgIpc) is 2.83. The van der Waals surface area contributed by atoms with E-state index in [1.165, 1.54) is 6.07 Å². The minimum atomic E-state index is -0.794. The summed E-state index contributed by atoms with van der Waals surface area (Å²) in [5.41, 5.74) is 0. The molecule has 0 bridgehead atoms. The topological polar surface area (TPSA) is 71.0 Å². The molecule has 2 rings (SSSR count). The second kappa shape index (κ2) is 6.76. The number of aromatic amines is 1. The Hall–Kier alpha value is -1.54. The van der Waals surface area contributed by atoms with Gasteiger partial charge in [-0.1, -0.05) is 0 Å². The molecule has 0 aliphatic carbocycles. The lowest BCUT2D eigenvalue weighted by molar-refractivity contribution is 0.161. The Balaban J connectivity index is 2.18. The molecule has 5 nitrogen and oxygen atoms in total. The van der Waals surface area contributed by atoms with E-state index in [-0.39, 0.29) is 12.4 Å². The Morgan fingerprint density at radius 2 is 2.20 bits per heavy atom. The van der Waals surface area contributed by atoms with Crippen molar-refractivity contribution in [3.63, 3.8) is 0 Å². The van der Waals surface area contributed by atoms with Crippen LogP contribution in [0.15, 0.2) is 22.9 Å². The van der Waals surface area contributed by atoms with E-state index in [1.807, 2.05) is 0 Å². The zero-order valence-electron chi connectivity index (χ0n) is 10.3. The van der Waals surface area contributed by atoms with Crippen LogP contribution in [-0.2, 0) is 0 Å². The third-order valence-corrected chi connectivity index (χ3v) is 2.92. The van der Waals surface area contributed by atoms with Crippen molar-refractivity contribution in [2.75, 3.05) is 6.61 Å². The molecular weight excluding hydrogens is 336 g/mol. The lowest BCUT2D eigenvalue weighted by Gasteiger charge is -2.16. The summed E-state index contributed by atoms with van der Waals surface area (Å²) in [5, 5.41) is 15.4. The molecule has 0 saturated carbocycles. The van der Waals surface area contributed by atoms with Gasteiger partial charge in [-0.25, -0.2) is 13.8 Å². The van der Waals surface area contributed by atoms with Crippen molar-refractivity contribution < 1.29 is 18.6 Å². The molecule has 0 fully saturated rings. The van der Waals surface area contributed by atoms with E-state index < -0.39 is 17.7 Å². The summed E-state index contributed by atoms with van der Waals surface area (Å²) >= 11 is 3.10. The van der Waals surface area contributed by atoms with Gasteiger partial charge in [0, 0.05) is 12.7 Å². The van der Waals surface area contributed by atoms with Crippen molar-refractivity contribution in [1.82, 2.24) is 15.2 Å². The Morgan fingerprint density at radius 3 is 2.80 bits per heavy atom. The fourth-order valence-electron chi connectivity index (χ4n) is 1.65. The summed E-state index contributed by atoms with van der Waals surface area (Å²) in [6.45, 7) is -0.0267. The number of halogens is 3. The van der Waals surface area contributed by atoms with E-state index in [2.05, 4.69) is 31.1 Å². The molecule has 8 heteroatoms. The highest BCUT2D eigenvalue weighted by Crippen LogP contribution is 2.27. The standard InChI is InChI=1S/C12H12BrF2N3O2/c13-12-16-11(17-18-12)10(2-1-5-19)20-9-4-3-7(14)6-8(9)15/h3-4,6,10,19H,1-2,5H2,(H,16,17,18). The zero-order chi connectivity index (χ0) is 14.5. The van der Waals surface area contributed by atoms with Crippen LogP contribution in [0, 0.1) is 11.6 Å². The first-order chi connectivity index (χ1) is 9.60. The third-order valence-electron chi connectivity index (χ3n) is 2.57. The second-order valence-electron chi connectivity index (χ2n) is 4.04. The third kappa shape index (κ3) is 3.73.